The Labute approximate surface area is 144 Å². The number of thioether (sulfide) groups is 1. The molecule has 0 bridgehead atoms. The summed E-state index contributed by atoms with van der Waals surface area (Å²) in [5.74, 6) is 0. The van der Waals surface area contributed by atoms with Crippen LogP contribution in [0.25, 0.3) is 0 Å². The van der Waals surface area contributed by atoms with E-state index >= 15 is 0 Å². The number of nitro groups is 1. The number of hydrogen-bond acceptors (Lipinski definition) is 4. The van der Waals surface area contributed by atoms with E-state index in [9.17, 15) is 10.1 Å². The molecule has 0 saturated heterocycles. The number of aliphatic imine (C=N–C) groups is 1. The van der Waals surface area contributed by atoms with Crippen LogP contribution in [-0.4, -0.2) is 9.97 Å². The third-order valence-corrected chi connectivity index (χ3v) is 4.30. The normalized spacial score (nSPS) is 11.2. The van der Waals surface area contributed by atoms with Crippen LogP contribution in [0.5, 0.6) is 0 Å². The molecule has 0 amide bonds. The molecule has 0 aromatic heterocycles. The van der Waals surface area contributed by atoms with Crippen LogP contribution >= 0.6 is 11.8 Å². The first-order valence-electron chi connectivity index (χ1n) is 7.34. The van der Waals surface area contributed by atoms with Gasteiger partial charge < -0.3 is 0 Å². The molecule has 0 aliphatic rings. The Hall–Kier alpha value is -2.92. The average molecular weight is 334 g/mol. The lowest BCUT2D eigenvalue weighted by Gasteiger charge is -2.07. The van der Waals surface area contributed by atoms with Gasteiger partial charge in [0.25, 0.3) is 5.69 Å². The Bertz CT molecular complexity index is 848. The fourth-order valence-corrected chi connectivity index (χ4v) is 3.01. The molecule has 3 aromatic carbocycles. The number of rotatable bonds is 4. The lowest BCUT2D eigenvalue weighted by molar-refractivity contribution is -0.384. The van der Waals surface area contributed by atoms with Crippen molar-refractivity contribution in [1.82, 2.24) is 0 Å². The van der Waals surface area contributed by atoms with Crippen molar-refractivity contribution in [3.63, 3.8) is 0 Å². The summed E-state index contributed by atoms with van der Waals surface area (Å²) in [4.78, 5) is 16.2. The highest BCUT2D eigenvalue weighted by atomic mass is 32.2. The van der Waals surface area contributed by atoms with Gasteiger partial charge in [0.15, 0.2) is 0 Å². The van der Waals surface area contributed by atoms with Gasteiger partial charge >= 0.3 is 0 Å². The lowest BCUT2D eigenvalue weighted by Crippen LogP contribution is -1.96. The largest absolute Gasteiger partial charge is 0.269 e. The molecule has 0 N–H and O–H groups in total. The van der Waals surface area contributed by atoms with Gasteiger partial charge in [-0.3, -0.25) is 10.1 Å². The van der Waals surface area contributed by atoms with Crippen molar-refractivity contribution in [3.05, 3.63) is 101 Å². The first kappa shape index (κ1) is 16.0. The number of nitrogens with zero attached hydrogens (tertiary/aromatic N) is 2. The Kier molecular flexibility index (Phi) is 5.03. The summed E-state index contributed by atoms with van der Waals surface area (Å²) in [5.41, 5.74) is 1.76. The van der Waals surface area contributed by atoms with Crippen LogP contribution in [0.15, 0.2) is 94.8 Å². The maximum Gasteiger partial charge on any atom is 0.269 e. The number of hydrogen-bond donors (Lipinski definition) is 0. The van der Waals surface area contributed by atoms with Crippen molar-refractivity contribution in [2.75, 3.05) is 0 Å². The van der Waals surface area contributed by atoms with E-state index in [1.54, 1.807) is 12.1 Å². The number of benzene rings is 3. The molecular formula is C19H14N2O2S. The SMILES string of the molecule is O=[N+]([O-])c1ccc(C(=Nc2ccccc2)Sc2ccccc2)cc1. The maximum absolute atomic E-state index is 10.8. The minimum Gasteiger partial charge on any atom is -0.258 e. The summed E-state index contributed by atoms with van der Waals surface area (Å²) in [6, 6.07) is 26.0. The summed E-state index contributed by atoms with van der Waals surface area (Å²) in [5, 5.41) is 11.6. The molecule has 4 nitrogen and oxygen atoms in total. The molecular weight excluding hydrogens is 320 g/mol. The number of para-hydroxylation sites is 1. The summed E-state index contributed by atoms with van der Waals surface area (Å²) in [7, 11) is 0. The second-order valence-electron chi connectivity index (χ2n) is 4.97. The van der Waals surface area contributed by atoms with Crippen LogP contribution in [0.4, 0.5) is 11.4 Å². The van der Waals surface area contributed by atoms with Crippen LogP contribution < -0.4 is 0 Å². The fraction of sp³-hybridized carbons (Fsp3) is 0. The molecule has 0 unspecified atom stereocenters. The zero-order valence-electron chi connectivity index (χ0n) is 12.7. The maximum atomic E-state index is 10.8. The molecule has 118 valence electrons. The van der Waals surface area contributed by atoms with Gasteiger partial charge in [-0.05, 0) is 36.4 Å². The fourth-order valence-electron chi connectivity index (χ4n) is 2.09. The molecule has 3 rings (SSSR count). The van der Waals surface area contributed by atoms with Crippen molar-refractivity contribution < 1.29 is 4.92 Å². The molecule has 0 saturated carbocycles. The molecule has 0 aliphatic heterocycles. The van der Waals surface area contributed by atoms with Crippen molar-refractivity contribution in [3.8, 4) is 0 Å². The highest BCUT2D eigenvalue weighted by Gasteiger charge is 2.10. The van der Waals surface area contributed by atoms with Gasteiger partial charge in [0.05, 0.1) is 10.6 Å². The van der Waals surface area contributed by atoms with E-state index in [1.807, 2.05) is 60.7 Å². The van der Waals surface area contributed by atoms with E-state index in [1.165, 1.54) is 23.9 Å². The Morgan fingerprint density at radius 1 is 0.833 bits per heavy atom. The van der Waals surface area contributed by atoms with E-state index in [0.717, 1.165) is 21.2 Å². The van der Waals surface area contributed by atoms with E-state index in [0.29, 0.717) is 0 Å². The molecule has 0 heterocycles. The molecule has 0 spiro atoms. The van der Waals surface area contributed by atoms with Crippen molar-refractivity contribution in [1.29, 1.82) is 0 Å². The van der Waals surface area contributed by atoms with Gasteiger partial charge in [-0.15, -0.1) is 0 Å². The van der Waals surface area contributed by atoms with Crippen LogP contribution in [0, 0.1) is 10.1 Å². The first-order chi connectivity index (χ1) is 11.7. The van der Waals surface area contributed by atoms with Gasteiger partial charge in [-0.25, -0.2) is 4.99 Å². The highest BCUT2D eigenvalue weighted by Crippen LogP contribution is 2.27. The summed E-state index contributed by atoms with van der Waals surface area (Å²) in [6.45, 7) is 0. The minimum absolute atomic E-state index is 0.0718. The van der Waals surface area contributed by atoms with Gasteiger partial charge in [0, 0.05) is 22.6 Å². The Balaban J connectivity index is 1.98. The standard InChI is InChI=1S/C19H14N2O2S/c22-21(23)17-13-11-15(12-14-17)19(20-16-7-3-1-4-8-16)24-18-9-5-2-6-10-18/h1-14H. The summed E-state index contributed by atoms with van der Waals surface area (Å²) < 4.78 is 0. The number of non-ortho nitro benzene ring substituents is 1. The van der Waals surface area contributed by atoms with Crippen LogP contribution in [0.2, 0.25) is 0 Å². The molecule has 0 fully saturated rings. The highest BCUT2D eigenvalue weighted by molar-refractivity contribution is 8.14. The van der Waals surface area contributed by atoms with Crippen LogP contribution in [-0.2, 0) is 0 Å². The van der Waals surface area contributed by atoms with Crippen LogP contribution in [0.1, 0.15) is 5.56 Å². The molecule has 0 radical (unpaired) electrons. The molecule has 5 heteroatoms. The molecule has 24 heavy (non-hydrogen) atoms. The van der Waals surface area contributed by atoms with Gasteiger partial charge in [-0.1, -0.05) is 48.2 Å². The van der Waals surface area contributed by atoms with Gasteiger partial charge in [-0.2, -0.15) is 0 Å². The third kappa shape index (κ3) is 4.08. The summed E-state index contributed by atoms with van der Waals surface area (Å²) >= 11 is 1.53. The molecule has 0 atom stereocenters. The van der Waals surface area contributed by atoms with Crippen molar-refractivity contribution in [2.24, 2.45) is 4.99 Å². The van der Waals surface area contributed by atoms with E-state index in [-0.39, 0.29) is 5.69 Å². The Morgan fingerprint density at radius 3 is 2.00 bits per heavy atom. The van der Waals surface area contributed by atoms with Gasteiger partial charge in [0.2, 0.25) is 0 Å². The first-order valence-corrected chi connectivity index (χ1v) is 8.15. The van der Waals surface area contributed by atoms with E-state index < -0.39 is 4.92 Å². The summed E-state index contributed by atoms with van der Waals surface area (Å²) in [6.07, 6.45) is 0. The quantitative estimate of drug-likeness (QED) is 0.209. The van der Waals surface area contributed by atoms with Crippen molar-refractivity contribution >= 4 is 28.2 Å². The second-order valence-corrected chi connectivity index (χ2v) is 6.03. The van der Waals surface area contributed by atoms with E-state index in [2.05, 4.69) is 0 Å². The average Bonchev–Trinajstić information content (AvgIpc) is 2.63. The monoisotopic (exact) mass is 334 g/mol. The zero-order chi connectivity index (χ0) is 16.8. The molecule has 0 aliphatic carbocycles. The lowest BCUT2D eigenvalue weighted by atomic mass is 10.2. The number of nitro benzene ring substituents is 1. The molecule has 3 aromatic rings. The van der Waals surface area contributed by atoms with Crippen LogP contribution in [0.3, 0.4) is 0 Å². The Morgan fingerprint density at radius 2 is 1.42 bits per heavy atom. The topological polar surface area (TPSA) is 55.5 Å². The van der Waals surface area contributed by atoms with E-state index in [4.69, 9.17) is 4.99 Å². The smallest absolute Gasteiger partial charge is 0.258 e. The third-order valence-electron chi connectivity index (χ3n) is 3.27. The zero-order valence-corrected chi connectivity index (χ0v) is 13.5. The minimum atomic E-state index is -0.401. The van der Waals surface area contributed by atoms with Gasteiger partial charge in [0.1, 0.15) is 5.04 Å². The predicted molar refractivity (Wildman–Crippen MR) is 98.0 cm³/mol. The second kappa shape index (κ2) is 7.57. The predicted octanol–water partition coefficient (Wildman–Crippen LogP) is 5.47. The van der Waals surface area contributed by atoms with Crippen molar-refractivity contribution in [2.45, 2.75) is 4.90 Å².